The van der Waals surface area contributed by atoms with E-state index in [0.717, 1.165) is 16.8 Å². The van der Waals surface area contributed by atoms with Crippen molar-refractivity contribution in [1.82, 2.24) is 9.78 Å². The number of anilines is 1. The average molecular weight is 433 g/mol. The van der Waals surface area contributed by atoms with Crippen molar-refractivity contribution in [2.75, 3.05) is 19.5 Å². The Bertz CT molecular complexity index is 1160. The first-order chi connectivity index (χ1) is 14.7. The number of methoxy groups -OCH3 is 2. The zero-order valence-corrected chi connectivity index (χ0v) is 16.6. The van der Waals surface area contributed by atoms with Crippen LogP contribution in [0.1, 0.15) is 5.56 Å². The highest BCUT2D eigenvalue weighted by molar-refractivity contribution is 5.91. The quantitative estimate of drug-likeness (QED) is 0.643. The van der Waals surface area contributed by atoms with Gasteiger partial charge >= 0.3 is 6.18 Å². The van der Waals surface area contributed by atoms with E-state index in [9.17, 15) is 22.8 Å². The van der Waals surface area contributed by atoms with Crippen LogP contribution in [0.2, 0.25) is 0 Å². The summed E-state index contributed by atoms with van der Waals surface area (Å²) < 4.78 is 50.7. The number of para-hydroxylation sites is 1. The van der Waals surface area contributed by atoms with Crippen molar-refractivity contribution in [3.63, 3.8) is 0 Å². The maximum Gasteiger partial charge on any atom is 0.418 e. The summed E-state index contributed by atoms with van der Waals surface area (Å²) in [7, 11) is 2.96. The molecule has 0 aliphatic carbocycles. The first kappa shape index (κ1) is 21.9. The van der Waals surface area contributed by atoms with Gasteiger partial charge in [-0.15, -0.1) is 0 Å². The maximum absolute atomic E-state index is 13.1. The molecule has 0 saturated carbocycles. The minimum absolute atomic E-state index is 0.336. The Balaban J connectivity index is 1.87. The topological polar surface area (TPSA) is 82.5 Å². The molecule has 1 amide bonds. The highest BCUT2D eigenvalue weighted by Gasteiger charge is 2.33. The van der Waals surface area contributed by atoms with Crippen LogP contribution in [0.15, 0.2) is 59.4 Å². The molecule has 0 unspecified atom stereocenters. The number of nitrogens with one attached hydrogen (secondary N) is 1. The van der Waals surface area contributed by atoms with Crippen molar-refractivity contribution >= 4 is 11.6 Å². The summed E-state index contributed by atoms with van der Waals surface area (Å²) in [6, 6.07) is 12.2. The molecule has 0 spiro atoms. The van der Waals surface area contributed by atoms with Crippen molar-refractivity contribution in [3.05, 3.63) is 70.5 Å². The number of alkyl halides is 3. The zero-order valence-electron chi connectivity index (χ0n) is 16.6. The van der Waals surface area contributed by atoms with Gasteiger partial charge < -0.3 is 14.8 Å². The number of aromatic nitrogens is 2. The van der Waals surface area contributed by atoms with Crippen LogP contribution in [-0.2, 0) is 17.5 Å². The van der Waals surface area contributed by atoms with Crippen LogP contribution < -0.4 is 20.3 Å². The molecule has 0 saturated heterocycles. The summed E-state index contributed by atoms with van der Waals surface area (Å²) in [5.74, 6) is 0.155. The number of hydrogen-bond acceptors (Lipinski definition) is 5. The molecule has 7 nitrogen and oxygen atoms in total. The van der Waals surface area contributed by atoms with E-state index in [0.29, 0.717) is 22.8 Å². The fraction of sp³-hybridized carbons (Fsp3) is 0.190. The predicted octanol–water partition coefficient (Wildman–Crippen LogP) is 3.59. The lowest BCUT2D eigenvalue weighted by atomic mass is 10.1. The smallest absolute Gasteiger partial charge is 0.418 e. The van der Waals surface area contributed by atoms with Gasteiger partial charge in [0.05, 0.1) is 31.2 Å². The predicted molar refractivity (Wildman–Crippen MR) is 107 cm³/mol. The van der Waals surface area contributed by atoms with E-state index < -0.39 is 35.4 Å². The van der Waals surface area contributed by atoms with Crippen LogP contribution in [0, 0.1) is 0 Å². The molecule has 0 bridgehead atoms. The summed E-state index contributed by atoms with van der Waals surface area (Å²) in [5.41, 5.74) is -1.10. The van der Waals surface area contributed by atoms with Gasteiger partial charge in [-0.05, 0) is 30.3 Å². The van der Waals surface area contributed by atoms with Gasteiger partial charge in [0.15, 0.2) is 0 Å². The molecule has 0 aliphatic heterocycles. The van der Waals surface area contributed by atoms with Crippen LogP contribution in [0.4, 0.5) is 18.9 Å². The van der Waals surface area contributed by atoms with Crippen LogP contribution in [0.25, 0.3) is 11.3 Å². The van der Waals surface area contributed by atoms with Crippen molar-refractivity contribution < 1.29 is 27.4 Å². The van der Waals surface area contributed by atoms with Gasteiger partial charge in [-0.2, -0.15) is 18.3 Å². The Kier molecular flexibility index (Phi) is 6.28. The third kappa shape index (κ3) is 5.03. The second-order valence-electron chi connectivity index (χ2n) is 6.37. The maximum atomic E-state index is 13.1. The Labute approximate surface area is 175 Å². The van der Waals surface area contributed by atoms with E-state index in [2.05, 4.69) is 10.4 Å². The van der Waals surface area contributed by atoms with E-state index >= 15 is 0 Å². The first-order valence-electron chi connectivity index (χ1n) is 8.99. The lowest BCUT2D eigenvalue weighted by Crippen LogP contribution is -2.29. The fourth-order valence-electron chi connectivity index (χ4n) is 2.88. The zero-order chi connectivity index (χ0) is 22.6. The van der Waals surface area contributed by atoms with Gasteiger partial charge in [0.2, 0.25) is 5.91 Å². The number of ether oxygens (including phenoxy) is 2. The highest BCUT2D eigenvalue weighted by Crippen LogP contribution is 2.34. The van der Waals surface area contributed by atoms with Crippen LogP contribution in [0.5, 0.6) is 11.5 Å². The molecular formula is C21H18F3N3O4. The number of halogens is 3. The van der Waals surface area contributed by atoms with Crippen LogP contribution in [-0.4, -0.2) is 29.9 Å². The Morgan fingerprint density at radius 1 is 1.06 bits per heavy atom. The minimum Gasteiger partial charge on any atom is -0.497 e. The Morgan fingerprint density at radius 3 is 2.48 bits per heavy atom. The molecular weight excluding hydrogens is 415 g/mol. The highest BCUT2D eigenvalue weighted by atomic mass is 19.4. The molecule has 162 valence electrons. The van der Waals surface area contributed by atoms with E-state index in [1.165, 1.54) is 38.5 Å². The van der Waals surface area contributed by atoms with Gasteiger partial charge in [0.25, 0.3) is 5.56 Å². The molecule has 1 N–H and O–H groups in total. The van der Waals surface area contributed by atoms with Crippen molar-refractivity contribution in [3.8, 4) is 22.8 Å². The SMILES string of the molecule is COc1ccc(-c2ccc(=O)n(CC(=O)Nc3ccccc3C(F)(F)F)n2)c(OC)c1. The molecule has 2 aromatic carbocycles. The molecule has 0 radical (unpaired) electrons. The number of amides is 1. The van der Waals surface area contributed by atoms with E-state index in [1.54, 1.807) is 18.2 Å². The van der Waals surface area contributed by atoms with Gasteiger partial charge in [-0.25, -0.2) is 4.68 Å². The molecule has 0 aliphatic rings. The Morgan fingerprint density at radius 2 is 1.81 bits per heavy atom. The summed E-state index contributed by atoms with van der Waals surface area (Å²) >= 11 is 0. The van der Waals surface area contributed by atoms with Crippen LogP contribution >= 0.6 is 0 Å². The molecule has 0 atom stereocenters. The van der Waals surface area contributed by atoms with Gasteiger partial charge in [0, 0.05) is 17.7 Å². The van der Waals surface area contributed by atoms with Crippen LogP contribution in [0.3, 0.4) is 0 Å². The third-order valence-corrected chi connectivity index (χ3v) is 4.35. The average Bonchev–Trinajstić information content (AvgIpc) is 2.74. The first-order valence-corrected chi connectivity index (χ1v) is 8.99. The molecule has 1 aromatic heterocycles. The van der Waals surface area contributed by atoms with Crippen molar-refractivity contribution in [2.24, 2.45) is 0 Å². The summed E-state index contributed by atoms with van der Waals surface area (Å²) in [5, 5.41) is 6.35. The third-order valence-electron chi connectivity index (χ3n) is 4.35. The summed E-state index contributed by atoms with van der Waals surface area (Å²) in [6.07, 6.45) is -4.64. The van der Waals surface area contributed by atoms with Crippen molar-refractivity contribution in [1.29, 1.82) is 0 Å². The fourth-order valence-corrected chi connectivity index (χ4v) is 2.88. The summed E-state index contributed by atoms with van der Waals surface area (Å²) in [6.45, 7) is -0.572. The van der Waals surface area contributed by atoms with E-state index in [1.807, 2.05) is 0 Å². The number of carbonyl (C=O) groups excluding carboxylic acids is 1. The number of carbonyl (C=O) groups is 1. The molecule has 3 aromatic rings. The van der Waals surface area contributed by atoms with E-state index in [4.69, 9.17) is 9.47 Å². The second kappa shape index (κ2) is 8.90. The number of benzene rings is 2. The monoisotopic (exact) mass is 433 g/mol. The lowest BCUT2D eigenvalue weighted by molar-refractivity contribution is -0.137. The molecule has 1 heterocycles. The van der Waals surface area contributed by atoms with Gasteiger partial charge in [-0.1, -0.05) is 12.1 Å². The lowest BCUT2D eigenvalue weighted by Gasteiger charge is -2.14. The van der Waals surface area contributed by atoms with Gasteiger partial charge in [-0.3, -0.25) is 9.59 Å². The van der Waals surface area contributed by atoms with Crippen molar-refractivity contribution in [2.45, 2.75) is 12.7 Å². The molecule has 10 heteroatoms. The number of nitrogens with zero attached hydrogens (tertiary/aromatic N) is 2. The second-order valence-corrected chi connectivity index (χ2v) is 6.37. The number of rotatable bonds is 6. The largest absolute Gasteiger partial charge is 0.497 e. The standard InChI is InChI=1S/C21H18F3N3O4/c1-30-13-7-8-14(18(11-13)31-2)16-9-10-20(29)27(26-16)12-19(28)25-17-6-4-3-5-15(17)21(22,23)24/h3-11H,12H2,1-2H3,(H,25,28). The molecule has 0 fully saturated rings. The summed E-state index contributed by atoms with van der Waals surface area (Å²) in [4.78, 5) is 24.5. The van der Waals surface area contributed by atoms with E-state index in [-0.39, 0.29) is 0 Å². The van der Waals surface area contributed by atoms with Gasteiger partial charge in [0.1, 0.15) is 18.0 Å². The minimum atomic E-state index is -4.64. The molecule has 3 rings (SSSR count). The Hall–Kier alpha value is -3.82. The normalized spacial score (nSPS) is 11.1. The molecule has 31 heavy (non-hydrogen) atoms. The number of hydrogen-bond donors (Lipinski definition) is 1.